The van der Waals surface area contributed by atoms with E-state index in [9.17, 15) is 18.0 Å². The van der Waals surface area contributed by atoms with Crippen LogP contribution in [0.5, 0.6) is 0 Å². The van der Waals surface area contributed by atoms with Gasteiger partial charge in [0.25, 0.3) is 5.24 Å². The van der Waals surface area contributed by atoms with E-state index in [1.54, 1.807) is 18.2 Å². The smallest absolute Gasteiger partial charge is 0.273 e. The zero-order valence-electron chi connectivity index (χ0n) is 12.1. The molecule has 124 valence electrons. The number of hydrogen-bond acceptors (Lipinski definition) is 5. The minimum absolute atomic E-state index is 0.0870. The van der Waals surface area contributed by atoms with Crippen LogP contribution >= 0.6 is 23.4 Å². The zero-order chi connectivity index (χ0) is 16.6. The highest BCUT2D eigenvalue weighted by molar-refractivity contribution is 8.14. The van der Waals surface area contributed by atoms with Gasteiger partial charge in [0.15, 0.2) is 0 Å². The summed E-state index contributed by atoms with van der Waals surface area (Å²) in [5, 5.41) is -0.0432. The fraction of sp³-hybridized carbons (Fsp3) is 0.429. The molecule has 0 spiro atoms. The van der Waals surface area contributed by atoms with Gasteiger partial charge in [0.2, 0.25) is 15.9 Å². The van der Waals surface area contributed by atoms with Gasteiger partial charge in [-0.05, 0) is 25.0 Å². The number of amides is 2. The van der Waals surface area contributed by atoms with E-state index in [4.69, 9.17) is 11.6 Å². The molecule has 0 N–H and O–H groups in total. The molecule has 0 saturated carbocycles. The Kier molecular flexibility index (Phi) is 4.68. The van der Waals surface area contributed by atoms with E-state index in [1.807, 2.05) is 0 Å². The molecule has 2 aliphatic heterocycles. The summed E-state index contributed by atoms with van der Waals surface area (Å²) in [5.74, 6) is -0.0100. The first-order chi connectivity index (χ1) is 10.9. The molecule has 0 aliphatic carbocycles. The van der Waals surface area contributed by atoms with E-state index >= 15 is 0 Å². The lowest BCUT2D eigenvalue weighted by molar-refractivity contribution is -0.126. The summed E-state index contributed by atoms with van der Waals surface area (Å²) in [6.45, 7) is 0.528. The second-order valence-electron chi connectivity index (χ2n) is 5.38. The molecule has 2 heterocycles. The van der Waals surface area contributed by atoms with E-state index < -0.39 is 10.0 Å². The third kappa shape index (κ3) is 3.13. The van der Waals surface area contributed by atoms with Crippen molar-refractivity contribution in [1.29, 1.82) is 0 Å². The molecule has 9 heteroatoms. The topological polar surface area (TPSA) is 74.8 Å². The largest absolute Gasteiger partial charge is 0.289 e. The van der Waals surface area contributed by atoms with Crippen molar-refractivity contribution < 1.29 is 18.0 Å². The standard InChI is InChI=1S/C14H15ClN2O4S2/c15-11-3-1-2-4-12(11)23(20,21)16-7-5-10(6-8-16)17-13(18)9-22-14(17)19/h1-4,10H,5-9H2. The Labute approximate surface area is 143 Å². The molecule has 2 aliphatic rings. The Morgan fingerprint density at radius 3 is 2.35 bits per heavy atom. The first kappa shape index (κ1) is 16.8. The SMILES string of the molecule is O=C1CSC(=O)N1C1CCN(S(=O)(=O)c2ccccc2Cl)CC1. The summed E-state index contributed by atoms with van der Waals surface area (Å²) in [6, 6.07) is 6.11. The summed E-state index contributed by atoms with van der Waals surface area (Å²) < 4.78 is 26.7. The number of benzene rings is 1. The van der Waals surface area contributed by atoms with E-state index in [2.05, 4.69) is 0 Å². The van der Waals surface area contributed by atoms with Gasteiger partial charge in [-0.2, -0.15) is 4.31 Å². The van der Waals surface area contributed by atoms with Crippen molar-refractivity contribution in [1.82, 2.24) is 9.21 Å². The van der Waals surface area contributed by atoms with Gasteiger partial charge in [0, 0.05) is 19.1 Å². The highest BCUT2D eigenvalue weighted by Gasteiger charge is 2.39. The number of imide groups is 1. The summed E-state index contributed by atoms with van der Waals surface area (Å²) in [4.78, 5) is 24.9. The van der Waals surface area contributed by atoms with Crippen LogP contribution in [0.3, 0.4) is 0 Å². The predicted octanol–water partition coefficient (Wildman–Crippen LogP) is 2.19. The second kappa shape index (κ2) is 6.43. The molecule has 0 aromatic heterocycles. The number of nitrogens with zero attached hydrogens (tertiary/aromatic N) is 2. The van der Waals surface area contributed by atoms with Crippen molar-refractivity contribution in [3.8, 4) is 0 Å². The minimum atomic E-state index is -3.66. The van der Waals surface area contributed by atoms with Crippen molar-refractivity contribution in [2.75, 3.05) is 18.8 Å². The van der Waals surface area contributed by atoms with Crippen LogP contribution < -0.4 is 0 Å². The molecule has 0 bridgehead atoms. The van der Waals surface area contributed by atoms with E-state index in [0.29, 0.717) is 12.8 Å². The number of carbonyl (C=O) groups is 2. The first-order valence-corrected chi connectivity index (χ1v) is 9.95. The fourth-order valence-corrected chi connectivity index (χ4v) is 5.59. The first-order valence-electron chi connectivity index (χ1n) is 7.15. The number of thioether (sulfide) groups is 1. The van der Waals surface area contributed by atoms with Crippen LogP contribution in [-0.2, 0) is 14.8 Å². The van der Waals surface area contributed by atoms with Gasteiger partial charge in [-0.15, -0.1) is 0 Å². The minimum Gasteiger partial charge on any atom is -0.273 e. The van der Waals surface area contributed by atoms with E-state index in [0.717, 1.165) is 11.8 Å². The van der Waals surface area contributed by atoms with Gasteiger partial charge in [-0.25, -0.2) is 8.42 Å². The van der Waals surface area contributed by atoms with Gasteiger partial charge >= 0.3 is 0 Å². The van der Waals surface area contributed by atoms with Gasteiger partial charge in [0.05, 0.1) is 10.8 Å². The van der Waals surface area contributed by atoms with Crippen LogP contribution in [0.4, 0.5) is 4.79 Å². The number of halogens is 1. The molecule has 2 fully saturated rings. The lowest BCUT2D eigenvalue weighted by atomic mass is 10.1. The third-order valence-corrected chi connectivity index (χ3v) is 7.26. The van der Waals surface area contributed by atoms with Crippen molar-refractivity contribution in [2.45, 2.75) is 23.8 Å². The Morgan fingerprint density at radius 1 is 1.13 bits per heavy atom. The number of sulfonamides is 1. The highest BCUT2D eigenvalue weighted by atomic mass is 35.5. The summed E-state index contributed by atoms with van der Waals surface area (Å²) in [7, 11) is -3.66. The summed E-state index contributed by atoms with van der Waals surface area (Å²) >= 11 is 6.99. The maximum atomic E-state index is 12.7. The molecule has 23 heavy (non-hydrogen) atoms. The van der Waals surface area contributed by atoms with Crippen LogP contribution in [0, 0.1) is 0 Å². The number of carbonyl (C=O) groups excluding carboxylic acids is 2. The monoisotopic (exact) mass is 374 g/mol. The Hall–Kier alpha value is -1.09. The van der Waals surface area contributed by atoms with Crippen molar-refractivity contribution in [2.24, 2.45) is 0 Å². The van der Waals surface area contributed by atoms with Crippen molar-refractivity contribution >= 4 is 44.5 Å². The molecule has 0 radical (unpaired) electrons. The van der Waals surface area contributed by atoms with Crippen LogP contribution in [0.1, 0.15) is 12.8 Å². The quantitative estimate of drug-likeness (QED) is 0.810. The normalized spacial score (nSPS) is 21.2. The molecule has 6 nitrogen and oxygen atoms in total. The molecular weight excluding hydrogens is 360 g/mol. The van der Waals surface area contributed by atoms with Crippen LogP contribution in [0.15, 0.2) is 29.2 Å². The molecule has 0 atom stereocenters. The van der Waals surface area contributed by atoms with Crippen LogP contribution in [0.2, 0.25) is 5.02 Å². The van der Waals surface area contributed by atoms with Gasteiger partial charge in [-0.1, -0.05) is 35.5 Å². The molecule has 1 aromatic carbocycles. The van der Waals surface area contributed by atoms with Crippen LogP contribution in [0.25, 0.3) is 0 Å². The Bertz CT molecular complexity index is 729. The number of hydrogen-bond donors (Lipinski definition) is 0. The van der Waals surface area contributed by atoms with Crippen molar-refractivity contribution in [3.05, 3.63) is 29.3 Å². The average Bonchev–Trinajstić information content (AvgIpc) is 2.86. The van der Waals surface area contributed by atoms with Gasteiger partial charge < -0.3 is 0 Å². The molecule has 3 rings (SSSR count). The van der Waals surface area contributed by atoms with E-state index in [-0.39, 0.29) is 45.9 Å². The zero-order valence-corrected chi connectivity index (χ0v) is 14.5. The fourth-order valence-electron chi connectivity index (χ4n) is 2.85. The number of piperidine rings is 1. The van der Waals surface area contributed by atoms with E-state index in [1.165, 1.54) is 15.3 Å². The summed E-state index contributed by atoms with van der Waals surface area (Å²) in [6.07, 6.45) is 0.892. The lowest BCUT2D eigenvalue weighted by Crippen LogP contribution is -2.48. The predicted molar refractivity (Wildman–Crippen MR) is 87.9 cm³/mol. The highest BCUT2D eigenvalue weighted by Crippen LogP contribution is 2.30. The molecule has 1 aromatic rings. The van der Waals surface area contributed by atoms with Gasteiger partial charge in [-0.3, -0.25) is 14.5 Å². The Balaban J connectivity index is 1.73. The third-order valence-electron chi connectivity index (χ3n) is 4.03. The van der Waals surface area contributed by atoms with Gasteiger partial charge in [0.1, 0.15) is 4.90 Å². The average molecular weight is 375 g/mol. The maximum absolute atomic E-state index is 12.7. The second-order valence-corrected chi connectivity index (χ2v) is 8.62. The molecular formula is C14H15ClN2O4S2. The molecule has 0 unspecified atom stereocenters. The van der Waals surface area contributed by atoms with Crippen molar-refractivity contribution in [3.63, 3.8) is 0 Å². The summed E-state index contributed by atoms with van der Waals surface area (Å²) in [5.41, 5.74) is 0. The molecule has 2 amide bonds. The van der Waals surface area contributed by atoms with Crippen LogP contribution in [-0.4, -0.2) is 53.7 Å². The maximum Gasteiger partial charge on any atom is 0.289 e. The lowest BCUT2D eigenvalue weighted by Gasteiger charge is -2.34. The molecule has 2 saturated heterocycles. The number of rotatable bonds is 3. The Morgan fingerprint density at radius 2 is 1.78 bits per heavy atom.